The molecule has 2 rings (SSSR count). The van der Waals surface area contributed by atoms with Crippen LogP contribution in [0.3, 0.4) is 0 Å². The van der Waals surface area contributed by atoms with Gasteiger partial charge in [-0.1, -0.05) is 54.6 Å². The van der Waals surface area contributed by atoms with Gasteiger partial charge >= 0.3 is 11.9 Å². The third-order valence-corrected chi connectivity index (χ3v) is 3.78. The second kappa shape index (κ2) is 7.59. The van der Waals surface area contributed by atoms with Crippen LogP contribution in [-0.4, -0.2) is 17.0 Å². The molecule has 2 aromatic rings. The van der Waals surface area contributed by atoms with E-state index in [1.807, 2.05) is 36.4 Å². The van der Waals surface area contributed by atoms with E-state index in [4.69, 9.17) is 4.74 Å². The number of carboxylic acids is 1. The summed E-state index contributed by atoms with van der Waals surface area (Å²) in [5.41, 5.74) is 1.36. The van der Waals surface area contributed by atoms with Crippen LogP contribution in [0.25, 0.3) is 6.08 Å². The second-order valence-electron chi connectivity index (χ2n) is 5.98. The van der Waals surface area contributed by atoms with Gasteiger partial charge in [-0.2, -0.15) is 0 Å². The normalized spacial score (nSPS) is 11.4. The van der Waals surface area contributed by atoms with Crippen molar-refractivity contribution in [3.8, 4) is 0 Å². The van der Waals surface area contributed by atoms with E-state index >= 15 is 0 Å². The zero-order valence-electron chi connectivity index (χ0n) is 13.7. The standard InChI is InChI=1S/C20H20O4/c1-20(2,19(22)23)17-10-6-9-15(13-17)11-12-18(21)24-14-16-7-4-3-5-8-16/h3-13H,14H2,1-2H3,(H,22,23)/b12-11+. The molecule has 0 amide bonds. The fourth-order valence-corrected chi connectivity index (χ4v) is 2.10. The number of carboxylic acid groups (broad SMARTS) is 1. The second-order valence-corrected chi connectivity index (χ2v) is 5.98. The van der Waals surface area contributed by atoms with Crippen molar-refractivity contribution < 1.29 is 19.4 Å². The van der Waals surface area contributed by atoms with Gasteiger partial charge < -0.3 is 9.84 Å². The van der Waals surface area contributed by atoms with E-state index in [9.17, 15) is 14.7 Å². The molecule has 0 saturated carbocycles. The van der Waals surface area contributed by atoms with E-state index in [1.54, 1.807) is 38.1 Å². The topological polar surface area (TPSA) is 63.6 Å². The molecule has 0 heterocycles. The Hall–Kier alpha value is -2.88. The van der Waals surface area contributed by atoms with Crippen LogP contribution in [-0.2, 0) is 26.3 Å². The molecular formula is C20H20O4. The van der Waals surface area contributed by atoms with Gasteiger partial charge in [0.25, 0.3) is 0 Å². The summed E-state index contributed by atoms with van der Waals surface area (Å²) in [7, 11) is 0. The van der Waals surface area contributed by atoms with Crippen molar-refractivity contribution in [1.82, 2.24) is 0 Å². The molecule has 124 valence electrons. The van der Waals surface area contributed by atoms with Gasteiger partial charge in [0.2, 0.25) is 0 Å². The Labute approximate surface area is 141 Å². The van der Waals surface area contributed by atoms with Gasteiger partial charge in [0.15, 0.2) is 0 Å². The highest BCUT2D eigenvalue weighted by atomic mass is 16.5. The molecule has 0 spiro atoms. The highest BCUT2D eigenvalue weighted by Gasteiger charge is 2.29. The lowest BCUT2D eigenvalue weighted by atomic mass is 9.84. The minimum Gasteiger partial charge on any atom is -0.481 e. The summed E-state index contributed by atoms with van der Waals surface area (Å²) in [5.74, 6) is -1.34. The van der Waals surface area contributed by atoms with Crippen LogP contribution in [0.5, 0.6) is 0 Å². The Bertz CT molecular complexity index is 745. The summed E-state index contributed by atoms with van der Waals surface area (Å²) < 4.78 is 5.17. The van der Waals surface area contributed by atoms with Crippen molar-refractivity contribution >= 4 is 18.0 Å². The third kappa shape index (κ3) is 4.56. The van der Waals surface area contributed by atoms with Gasteiger partial charge in [0.1, 0.15) is 6.61 Å². The molecule has 2 aromatic carbocycles. The zero-order chi connectivity index (χ0) is 17.6. The molecule has 0 unspecified atom stereocenters. The number of rotatable bonds is 6. The first-order valence-electron chi connectivity index (χ1n) is 7.62. The molecule has 1 N–H and O–H groups in total. The molecule has 0 aliphatic heterocycles. The molecule has 0 atom stereocenters. The highest BCUT2D eigenvalue weighted by Crippen LogP contribution is 2.24. The van der Waals surface area contributed by atoms with Crippen molar-refractivity contribution in [2.75, 3.05) is 0 Å². The number of carbonyl (C=O) groups is 2. The van der Waals surface area contributed by atoms with E-state index in [0.29, 0.717) is 5.56 Å². The SMILES string of the molecule is CC(C)(C(=O)O)c1cccc(/C=C/C(=O)OCc2ccccc2)c1. The number of aliphatic carboxylic acids is 1. The van der Waals surface area contributed by atoms with Crippen LogP contribution in [0, 0.1) is 0 Å². The molecule has 24 heavy (non-hydrogen) atoms. The fourth-order valence-electron chi connectivity index (χ4n) is 2.10. The van der Waals surface area contributed by atoms with Crippen molar-refractivity contribution in [3.63, 3.8) is 0 Å². The number of esters is 1. The Balaban J connectivity index is 2.01. The highest BCUT2D eigenvalue weighted by molar-refractivity contribution is 5.87. The Morgan fingerprint density at radius 2 is 1.79 bits per heavy atom. The summed E-state index contributed by atoms with van der Waals surface area (Å²) in [6.07, 6.45) is 2.96. The van der Waals surface area contributed by atoms with Crippen LogP contribution in [0.2, 0.25) is 0 Å². The number of hydrogen-bond acceptors (Lipinski definition) is 3. The van der Waals surface area contributed by atoms with Crippen molar-refractivity contribution in [1.29, 1.82) is 0 Å². The number of hydrogen-bond donors (Lipinski definition) is 1. The van der Waals surface area contributed by atoms with Crippen LogP contribution >= 0.6 is 0 Å². The maximum Gasteiger partial charge on any atom is 0.331 e. The van der Waals surface area contributed by atoms with E-state index in [2.05, 4.69) is 0 Å². The monoisotopic (exact) mass is 324 g/mol. The maximum atomic E-state index is 11.8. The van der Waals surface area contributed by atoms with E-state index < -0.39 is 17.4 Å². The average Bonchev–Trinajstić information content (AvgIpc) is 2.59. The molecule has 0 aliphatic carbocycles. The van der Waals surface area contributed by atoms with Crippen molar-refractivity contribution in [3.05, 3.63) is 77.4 Å². The van der Waals surface area contributed by atoms with E-state index in [1.165, 1.54) is 6.08 Å². The predicted molar refractivity (Wildman–Crippen MR) is 92.4 cm³/mol. The van der Waals surface area contributed by atoms with Gasteiger partial charge in [-0.25, -0.2) is 4.79 Å². The predicted octanol–water partition coefficient (Wildman–Crippen LogP) is 3.81. The fraction of sp³-hybridized carbons (Fsp3) is 0.200. The summed E-state index contributed by atoms with van der Waals surface area (Å²) >= 11 is 0. The quantitative estimate of drug-likeness (QED) is 0.648. The van der Waals surface area contributed by atoms with E-state index in [-0.39, 0.29) is 6.61 Å². The number of carbonyl (C=O) groups excluding carboxylic acids is 1. The van der Waals surface area contributed by atoms with Crippen LogP contribution < -0.4 is 0 Å². The lowest BCUT2D eigenvalue weighted by molar-refractivity contribution is -0.142. The minimum atomic E-state index is -0.988. The maximum absolute atomic E-state index is 11.8. The van der Waals surface area contributed by atoms with Gasteiger partial charge in [-0.15, -0.1) is 0 Å². The van der Waals surface area contributed by atoms with Crippen LogP contribution in [0.4, 0.5) is 0 Å². The Kier molecular flexibility index (Phi) is 5.53. The van der Waals surface area contributed by atoms with Gasteiger partial charge in [0.05, 0.1) is 5.41 Å². The summed E-state index contributed by atoms with van der Waals surface area (Å²) in [5, 5.41) is 9.29. The molecule has 0 aliphatic rings. The molecule has 0 saturated heterocycles. The molecule has 0 fully saturated rings. The number of benzene rings is 2. The number of ether oxygens (including phenoxy) is 1. The molecule has 0 radical (unpaired) electrons. The summed E-state index contributed by atoms with van der Waals surface area (Å²) in [6.45, 7) is 3.51. The Morgan fingerprint density at radius 3 is 2.46 bits per heavy atom. The minimum absolute atomic E-state index is 0.218. The molecule has 4 heteroatoms. The summed E-state index contributed by atoms with van der Waals surface area (Å²) in [4.78, 5) is 23.1. The Morgan fingerprint density at radius 1 is 1.08 bits per heavy atom. The lowest BCUT2D eigenvalue weighted by Crippen LogP contribution is -2.28. The van der Waals surface area contributed by atoms with Crippen molar-refractivity contribution in [2.45, 2.75) is 25.9 Å². The van der Waals surface area contributed by atoms with Crippen LogP contribution in [0.1, 0.15) is 30.5 Å². The average molecular weight is 324 g/mol. The first-order valence-corrected chi connectivity index (χ1v) is 7.62. The molecular weight excluding hydrogens is 304 g/mol. The lowest BCUT2D eigenvalue weighted by Gasteiger charge is -2.19. The van der Waals surface area contributed by atoms with Crippen molar-refractivity contribution in [2.24, 2.45) is 0 Å². The van der Waals surface area contributed by atoms with Gasteiger partial charge in [-0.3, -0.25) is 4.79 Å². The van der Waals surface area contributed by atoms with Gasteiger partial charge in [-0.05, 0) is 36.6 Å². The molecule has 0 bridgehead atoms. The molecule has 4 nitrogen and oxygen atoms in total. The molecule has 0 aromatic heterocycles. The van der Waals surface area contributed by atoms with E-state index in [0.717, 1.165) is 11.1 Å². The van der Waals surface area contributed by atoms with Crippen LogP contribution in [0.15, 0.2) is 60.7 Å². The first kappa shape index (κ1) is 17.5. The zero-order valence-corrected chi connectivity index (χ0v) is 13.7. The first-order chi connectivity index (χ1) is 11.4. The van der Waals surface area contributed by atoms with Gasteiger partial charge in [0, 0.05) is 6.08 Å². The largest absolute Gasteiger partial charge is 0.481 e. The third-order valence-electron chi connectivity index (χ3n) is 3.78. The smallest absolute Gasteiger partial charge is 0.331 e. The summed E-state index contributed by atoms with van der Waals surface area (Å²) in [6, 6.07) is 16.5.